The van der Waals surface area contributed by atoms with E-state index in [0.29, 0.717) is 19.3 Å². The molecular weight excluding hydrogens is 322 g/mol. The zero-order valence-corrected chi connectivity index (χ0v) is 14.9. The van der Waals surface area contributed by atoms with Crippen molar-refractivity contribution < 1.29 is 23.9 Å². The maximum atomic E-state index is 12.5. The first-order chi connectivity index (χ1) is 11.9. The van der Waals surface area contributed by atoms with Crippen LogP contribution in [0, 0.1) is 11.3 Å². The van der Waals surface area contributed by atoms with Gasteiger partial charge < -0.3 is 14.8 Å². The molecule has 0 heterocycles. The lowest BCUT2D eigenvalue weighted by molar-refractivity contribution is -0.159. The summed E-state index contributed by atoms with van der Waals surface area (Å²) in [7, 11) is 1.26. The lowest BCUT2D eigenvalue weighted by Crippen LogP contribution is -2.57. The molecule has 2 rings (SSSR count). The fraction of sp³-hybridized carbons (Fsp3) is 0.526. The highest BCUT2D eigenvalue weighted by atomic mass is 16.5. The molecule has 0 spiro atoms. The Hall–Kier alpha value is -2.37. The van der Waals surface area contributed by atoms with Crippen LogP contribution in [0.3, 0.4) is 0 Å². The maximum Gasteiger partial charge on any atom is 0.407 e. The number of alkyl carbamates (subject to hydrolysis) is 1. The molecule has 1 N–H and O–H groups in total. The summed E-state index contributed by atoms with van der Waals surface area (Å²) in [5, 5.41) is 2.73. The lowest BCUT2D eigenvalue weighted by atomic mass is 9.73. The third-order valence-electron chi connectivity index (χ3n) is 4.71. The van der Waals surface area contributed by atoms with Crippen molar-refractivity contribution in [3.8, 4) is 0 Å². The molecule has 0 radical (unpaired) electrons. The van der Waals surface area contributed by atoms with E-state index >= 15 is 0 Å². The molecule has 0 saturated heterocycles. The van der Waals surface area contributed by atoms with Crippen LogP contribution in [0.5, 0.6) is 0 Å². The number of hydrogen-bond acceptors (Lipinski definition) is 5. The Kier molecular flexibility index (Phi) is 6.17. The number of Topliss-reactive ketones (excluding diaryl/α,β-unsaturated/α-hetero) is 1. The molecule has 0 aromatic heterocycles. The Morgan fingerprint density at radius 1 is 1.24 bits per heavy atom. The molecule has 0 bridgehead atoms. The summed E-state index contributed by atoms with van der Waals surface area (Å²) in [6.07, 6.45) is 0.655. The minimum absolute atomic E-state index is 0.122. The molecule has 0 aliphatic heterocycles. The molecule has 1 aromatic carbocycles. The predicted molar refractivity (Wildman–Crippen MR) is 91.7 cm³/mol. The van der Waals surface area contributed by atoms with Crippen molar-refractivity contribution in [1.29, 1.82) is 0 Å². The van der Waals surface area contributed by atoms with Gasteiger partial charge in [0, 0.05) is 6.42 Å². The summed E-state index contributed by atoms with van der Waals surface area (Å²) in [6.45, 7) is 3.84. The Labute approximate surface area is 147 Å². The molecule has 1 amide bonds. The monoisotopic (exact) mass is 347 g/mol. The van der Waals surface area contributed by atoms with Gasteiger partial charge in [0.2, 0.25) is 0 Å². The number of amides is 1. The van der Waals surface area contributed by atoms with E-state index in [2.05, 4.69) is 5.32 Å². The zero-order valence-electron chi connectivity index (χ0n) is 14.9. The summed E-state index contributed by atoms with van der Waals surface area (Å²) < 4.78 is 10.1. The van der Waals surface area contributed by atoms with E-state index in [4.69, 9.17) is 9.47 Å². The fourth-order valence-corrected chi connectivity index (χ4v) is 3.49. The lowest BCUT2D eigenvalue weighted by Gasteiger charge is -2.36. The van der Waals surface area contributed by atoms with Crippen LogP contribution in [0.2, 0.25) is 0 Å². The van der Waals surface area contributed by atoms with Crippen molar-refractivity contribution in [1.82, 2.24) is 5.32 Å². The summed E-state index contributed by atoms with van der Waals surface area (Å²) in [5.74, 6) is -0.899. The molecule has 1 aliphatic carbocycles. The highest BCUT2D eigenvalue weighted by Gasteiger charge is 2.56. The average molecular weight is 347 g/mol. The number of carbonyl (C=O) groups is 3. The quantitative estimate of drug-likeness (QED) is 0.632. The Bertz CT molecular complexity index is 628. The number of esters is 1. The largest absolute Gasteiger partial charge is 0.468 e. The van der Waals surface area contributed by atoms with Gasteiger partial charge in [-0.05, 0) is 24.3 Å². The van der Waals surface area contributed by atoms with Crippen LogP contribution in [-0.4, -0.2) is 31.0 Å². The highest BCUT2D eigenvalue weighted by molar-refractivity contribution is 6.06. The standard InChI is InChI=1S/C19H25NO5/c1-13(2)16(19(17(22)24-3)11-7-10-15(19)21)20-18(23)25-12-14-8-5-4-6-9-14/h4-6,8-9,13,16H,7,10-12H2,1-3H3,(H,20,23)/t16-,19-/m1/s1. The number of carbonyl (C=O) groups excluding carboxylic acids is 3. The van der Waals surface area contributed by atoms with Gasteiger partial charge in [-0.1, -0.05) is 44.2 Å². The first-order valence-electron chi connectivity index (χ1n) is 8.50. The summed E-state index contributed by atoms with van der Waals surface area (Å²) in [6, 6.07) is 8.63. The second-order valence-corrected chi connectivity index (χ2v) is 6.67. The molecule has 1 aliphatic rings. The van der Waals surface area contributed by atoms with Gasteiger partial charge >= 0.3 is 12.1 Å². The smallest absolute Gasteiger partial charge is 0.407 e. The molecule has 0 unspecified atom stereocenters. The second-order valence-electron chi connectivity index (χ2n) is 6.67. The number of ether oxygens (including phenoxy) is 2. The normalized spacial score (nSPS) is 21.0. The minimum Gasteiger partial charge on any atom is -0.468 e. The van der Waals surface area contributed by atoms with Crippen molar-refractivity contribution in [3.63, 3.8) is 0 Å². The van der Waals surface area contributed by atoms with E-state index in [-0.39, 0.29) is 18.3 Å². The van der Waals surface area contributed by atoms with Gasteiger partial charge in [0.1, 0.15) is 12.0 Å². The number of hydrogen-bond donors (Lipinski definition) is 1. The number of ketones is 1. The third-order valence-corrected chi connectivity index (χ3v) is 4.71. The Balaban J connectivity index is 2.12. The SMILES string of the molecule is COC(=O)[C@]1([C@H](NC(=O)OCc2ccccc2)C(C)C)CCCC1=O. The van der Waals surface area contributed by atoms with Crippen molar-refractivity contribution in [2.24, 2.45) is 11.3 Å². The van der Waals surface area contributed by atoms with Crippen molar-refractivity contribution in [2.75, 3.05) is 7.11 Å². The van der Waals surface area contributed by atoms with Gasteiger partial charge in [-0.2, -0.15) is 0 Å². The van der Waals surface area contributed by atoms with Crippen LogP contribution in [0.15, 0.2) is 30.3 Å². The van der Waals surface area contributed by atoms with Crippen LogP contribution >= 0.6 is 0 Å². The van der Waals surface area contributed by atoms with Gasteiger partial charge in [0.15, 0.2) is 5.78 Å². The van der Waals surface area contributed by atoms with Crippen LogP contribution < -0.4 is 5.32 Å². The van der Waals surface area contributed by atoms with E-state index in [1.807, 2.05) is 44.2 Å². The van der Waals surface area contributed by atoms with E-state index in [0.717, 1.165) is 5.56 Å². The minimum atomic E-state index is -1.32. The topological polar surface area (TPSA) is 81.7 Å². The van der Waals surface area contributed by atoms with Crippen molar-refractivity contribution >= 4 is 17.8 Å². The Morgan fingerprint density at radius 2 is 1.92 bits per heavy atom. The molecule has 1 aromatic rings. The van der Waals surface area contributed by atoms with Crippen LogP contribution in [0.25, 0.3) is 0 Å². The van der Waals surface area contributed by atoms with Crippen LogP contribution in [-0.2, 0) is 25.7 Å². The number of methoxy groups -OCH3 is 1. The predicted octanol–water partition coefficient (Wildman–Crippen LogP) is 2.85. The van der Waals surface area contributed by atoms with Gasteiger partial charge in [-0.25, -0.2) is 4.79 Å². The van der Waals surface area contributed by atoms with Crippen molar-refractivity contribution in [2.45, 2.75) is 45.8 Å². The summed E-state index contributed by atoms with van der Waals surface area (Å²) >= 11 is 0. The van der Waals surface area contributed by atoms with Crippen LogP contribution in [0.4, 0.5) is 4.79 Å². The van der Waals surface area contributed by atoms with E-state index < -0.39 is 23.5 Å². The van der Waals surface area contributed by atoms with E-state index in [1.54, 1.807) is 0 Å². The van der Waals surface area contributed by atoms with Gasteiger partial charge in [0.25, 0.3) is 0 Å². The second kappa shape index (κ2) is 8.14. The molecule has 1 fully saturated rings. The van der Waals surface area contributed by atoms with E-state index in [9.17, 15) is 14.4 Å². The zero-order chi connectivity index (χ0) is 18.4. The average Bonchev–Trinajstić information content (AvgIpc) is 3.00. The first kappa shape index (κ1) is 19.0. The fourth-order valence-electron chi connectivity index (χ4n) is 3.49. The number of nitrogens with one attached hydrogen (secondary N) is 1. The summed E-state index contributed by atoms with van der Waals surface area (Å²) in [5.41, 5.74) is -0.465. The van der Waals surface area contributed by atoms with Crippen LogP contribution in [0.1, 0.15) is 38.7 Å². The maximum absolute atomic E-state index is 12.5. The molecular formula is C19H25NO5. The molecule has 1 saturated carbocycles. The van der Waals surface area contributed by atoms with Gasteiger partial charge in [-0.15, -0.1) is 0 Å². The van der Waals surface area contributed by atoms with Crippen molar-refractivity contribution in [3.05, 3.63) is 35.9 Å². The van der Waals surface area contributed by atoms with Gasteiger partial charge in [-0.3, -0.25) is 9.59 Å². The molecule has 25 heavy (non-hydrogen) atoms. The van der Waals surface area contributed by atoms with Gasteiger partial charge in [0.05, 0.1) is 13.2 Å². The highest BCUT2D eigenvalue weighted by Crippen LogP contribution is 2.41. The number of rotatable bonds is 6. The molecule has 6 nitrogen and oxygen atoms in total. The third kappa shape index (κ3) is 4.00. The van der Waals surface area contributed by atoms with E-state index in [1.165, 1.54) is 7.11 Å². The number of benzene rings is 1. The molecule has 6 heteroatoms. The molecule has 136 valence electrons. The summed E-state index contributed by atoms with van der Waals surface area (Å²) in [4.78, 5) is 37.2. The Morgan fingerprint density at radius 3 is 2.44 bits per heavy atom. The molecule has 2 atom stereocenters. The first-order valence-corrected chi connectivity index (χ1v) is 8.50.